The normalized spacial score (nSPS) is 10.2. The predicted octanol–water partition coefficient (Wildman–Crippen LogP) is 1.51. The molecule has 7 heteroatoms. The first-order valence-electron chi connectivity index (χ1n) is 7.20. The number of likely N-dealkylation sites (N-methyl/N-ethyl adjacent to an activating group) is 1. The molecule has 4 N–H and O–H groups in total. The van der Waals surface area contributed by atoms with Crippen molar-refractivity contribution in [3.63, 3.8) is 0 Å². The number of amides is 2. The van der Waals surface area contributed by atoms with Crippen LogP contribution in [-0.2, 0) is 11.3 Å². The van der Waals surface area contributed by atoms with Crippen molar-refractivity contribution in [1.82, 2.24) is 5.32 Å². The maximum Gasteiger partial charge on any atom is 0.258 e. The van der Waals surface area contributed by atoms with Crippen molar-refractivity contribution in [2.75, 3.05) is 18.5 Å². The van der Waals surface area contributed by atoms with Gasteiger partial charge in [-0.05, 0) is 37.3 Å². The summed E-state index contributed by atoms with van der Waals surface area (Å²) < 4.78 is 10.5. The number of carbonyl (C=O) groups is 2. The maximum atomic E-state index is 12.0. The Morgan fingerprint density at radius 2 is 2.00 bits per heavy atom. The third kappa shape index (κ3) is 4.86. The predicted molar refractivity (Wildman–Crippen MR) is 85.2 cm³/mol. The van der Waals surface area contributed by atoms with Crippen LogP contribution in [-0.4, -0.2) is 25.0 Å². The number of furan rings is 1. The molecule has 0 bridgehead atoms. The maximum absolute atomic E-state index is 12.0. The molecule has 0 aliphatic rings. The van der Waals surface area contributed by atoms with Gasteiger partial charge in [-0.3, -0.25) is 9.59 Å². The summed E-state index contributed by atoms with van der Waals surface area (Å²) in [6, 6.07) is 8.33. The molecule has 0 spiro atoms. The number of ether oxygens (including phenoxy) is 1. The summed E-state index contributed by atoms with van der Waals surface area (Å²) in [5, 5.41) is 5.37. The molecule has 0 aliphatic heterocycles. The number of carbonyl (C=O) groups excluding carboxylic acids is 2. The number of rotatable bonds is 7. The van der Waals surface area contributed by atoms with Gasteiger partial charge in [0, 0.05) is 12.2 Å². The largest absolute Gasteiger partial charge is 0.484 e. The fourth-order valence-corrected chi connectivity index (χ4v) is 1.84. The Hall–Kier alpha value is -2.80. The Bertz CT molecular complexity index is 664. The van der Waals surface area contributed by atoms with Crippen LogP contribution in [0.2, 0.25) is 0 Å². The van der Waals surface area contributed by atoms with Gasteiger partial charge in [0.05, 0.1) is 12.1 Å². The van der Waals surface area contributed by atoms with Crippen molar-refractivity contribution in [3.8, 4) is 5.75 Å². The molecule has 0 saturated carbocycles. The monoisotopic (exact) mass is 317 g/mol. The van der Waals surface area contributed by atoms with E-state index in [1.54, 1.807) is 30.3 Å². The van der Waals surface area contributed by atoms with Crippen molar-refractivity contribution in [1.29, 1.82) is 0 Å². The quantitative estimate of drug-likeness (QED) is 0.717. The van der Waals surface area contributed by atoms with Gasteiger partial charge in [-0.25, -0.2) is 0 Å². The van der Waals surface area contributed by atoms with Crippen molar-refractivity contribution in [2.24, 2.45) is 5.73 Å². The van der Waals surface area contributed by atoms with Gasteiger partial charge in [0.2, 0.25) is 0 Å². The zero-order valence-corrected chi connectivity index (χ0v) is 12.8. The van der Waals surface area contributed by atoms with E-state index >= 15 is 0 Å². The summed E-state index contributed by atoms with van der Waals surface area (Å²) in [5.41, 5.74) is 6.45. The molecule has 1 heterocycles. The summed E-state index contributed by atoms with van der Waals surface area (Å²) in [6.07, 6.45) is 1.36. The minimum Gasteiger partial charge on any atom is -0.484 e. The minimum absolute atomic E-state index is 0.0452. The van der Waals surface area contributed by atoms with Crippen LogP contribution in [0.1, 0.15) is 23.0 Å². The molecule has 23 heavy (non-hydrogen) atoms. The van der Waals surface area contributed by atoms with Crippen LogP contribution in [0.25, 0.3) is 0 Å². The highest BCUT2D eigenvalue weighted by Crippen LogP contribution is 2.17. The van der Waals surface area contributed by atoms with E-state index < -0.39 is 0 Å². The molecule has 1 aromatic heterocycles. The van der Waals surface area contributed by atoms with E-state index in [1.807, 2.05) is 6.92 Å². The third-order valence-electron chi connectivity index (χ3n) is 2.97. The fourth-order valence-electron chi connectivity index (χ4n) is 1.84. The lowest BCUT2D eigenvalue weighted by Gasteiger charge is -2.07. The average Bonchev–Trinajstić information content (AvgIpc) is 3.04. The number of nitrogens with two attached hydrogens (primary N) is 1. The Kier molecular flexibility index (Phi) is 5.76. The number of hydrogen-bond donors (Lipinski definition) is 3. The molecule has 1 aromatic carbocycles. The first-order valence-corrected chi connectivity index (χ1v) is 7.20. The molecule has 0 atom stereocenters. The van der Waals surface area contributed by atoms with Crippen molar-refractivity contribution < 1.29 is 18.7 Å². The van der Waals surface area contributed by atoms with Crippen LogP contribution in [0.5, 0.6) is 5.75 Å². The topological polar surface area (TPSA) is 107 Å². The second-order valence-corrected chi connectivity index (χ2v) is 4.73. The van der Waals surface area contributed by atoms with E-state index in [-0.39, 0.29) is 25.0 Å². The molecule has 122 valence electrons. The van der Waals surface area contributed by atoms with Gasteiger partial charge >= 0.3 is 0 Å². The van der Waals surface area contributed by atoms with Crippen LogP contribution in [0, 0.1) is 0 Å². The minimum atomic E-state index is -0.288. The first kappa shape index (κ1) is 16.6. The van der Waals surface area contributed by atoms with Crippen molar-refractivity contribution in [2.45, 2.75) is 13.5 Å². The van der Waals surface area contributed by atoms with Crippen LogP contribution in [0.15, 0.2) is 41.0 Å². The molecule has 2 amide bonds. The molecule has 0 unspecified atom stereocenters. The highest BCUT2D eigenvalue weighted by atomic mass is 16.5. The molecule has 2 rings (SSSR count). The van der Waals surface area contributed by atoms with Crippen molar-refractivity contribution in [3.05, 3.63) is 47.9 Å². The van der Waals surface area contributed by atoms with Gasteiger partial charge in [-0.15, -0.1) is 0 Å². The van der Waals surface area contributed by atoms with E-state index in [0.29, 0.717) is 29.3 Å². The van der Waals surface area contributed by atoms with Crippen LogP contribution in [0.3, 0.4) is 0 Å². The Morgan fingerprint density at radius 3 is 2.61 bits per heavy atom. The molecule has 2 aromatic rings. The van der Waals surface area contributed by atoms with Gasteiger partial charge < -0.3 is 25.5 Å². The summed E-state index contributed by atoms with van der Waals surface area (Å²) in [5.74, 6) is 0.622. The second-order valence-electron chi connectivity index (χ2n) is 4.73. The van der Waals surface area contributed by atoms with Crippen molar-refractivity contribution >= 4 is 17.5 Å². The van der Waals surface area contributed by atoms with Crippen LogP contribution >= 0.6 is 0 Å². The number of hydrogen-bond acceptors (Lipinski definition) is 5. The lowest BCUT2D eigenvalue weighted by molar-refractivity contribution is -0.122. The van der Waals surface area contributed by atoms with Gasteiger partial charge in [0.1, 0.15) is 17.8 Å². The summed E-state index contributed by atoms with van der Waals surface area (Å²) in [4.78, 5) is 23.3. The van der Waals surface area contributed by atoms with Crippen LogP contribution < -0.4 is 21.1 Å². The van der Waals surface area contributed by atoms with E-state index in [0.717, 1.165) is 0 Å². The molecule has 0 fully saturated rings. The SMILES string of the molecule is CCNC(=O)COc1ccc(NC(=O)c2coc(CN)c2)cc1. The first-order chi connectivity index (χ1) is 11.1. The Morgan fingerprint density at radius 1 is 1.26 bits per heavy atom. The second kappa shape index (κ2) is 8.00. The van der Waals surface area contributed by atoms with Gasteiger partial charge in [0.25, 0.3) is 11.8 Å². The summed E-state index contributed by atoms with van der Waals surface area (Å²) >= 11 is 0. The summed E-state index contributed by atoms with van der Waals surface area (Å²) in [6.45, 7) is 2.60. The van der Waals surface area contributed by atoms with E-state index in [4.69, 9.17) is 14.9 Å². The third-order valence-corrected chi connectivity index (χ3v) is 2.97. The van der Waals surface area contributed by atoms with Gasteiger partial charge in [-0.1, -0.05) is 0 Å². The zero-order valence-electron chi connectivity index (χ0n) is 12.8. The lowest BCUT2D eigenvalue weighted by atomic mass is 10.2. The summed E-state index contributed by atoms with van der Waals surface area (Å²) in [7, 11) is 0. The van der Waals surface area contributed by atoms with E-state index in [9.17, 15) is 9.59 Å². The molecular weight excluding hydrogens is 298 g/mol. The molecular formula is C16H19N3O4. The zero-order chi connectivity index (χ0) is 16.7. The fraction of sp³-hybridized carbons (Fsp3) is 0.250. The highest BCUT2D eigenvalue weighted by molar-refractivity contribution is 6.04. The molecule has 0 aliphatic carbocycles. The Labute approximate surface area is 133 Å². The van der Waals surface area contributed by atoms with E-state index in [2.05, 4.69) is 10.6 Å². The molecule has 0 radical (unpaired) electrons. The van der Waals surface area contributed by atoms with Gasteiger partial charge in [-0.2, -0.15) is 0 Å². The Balaban J connectivity index is 1.89. The average molecular weight is 317 g/mol. The van der Waals surface area contributed by atoms with Gasteiger partial charge in [0.15, 0.2) is 6.61 Å². The lowest BCUT2D eigenvalue weighted by Crippen LogP contribution is -2.28. The smallest absolute Gasteiger partial charge is 0.258 e. The number of nitrogens with one attached hydrogen (secondary N) is 2. The molecule has 7 nitrogen and oxygen atoms in total. The highest BCUT2D eigenvalue weighted by Gasteiger charge is 2.10. The van der Waals surface area contributed by atoms with Crippen LogP contribution in [0.4, 0.5) is 5.69 Å². The number of anilines is 1. The van der Waals surface area contributed by atoms with E-state index in [1.165, 1.54) is 6.26 Å². The standard InChI is InChI=1S/C16H19N3O4/c1-2-18-15(20)10-23-13-5-3-12(4-6-13)19-16(21)11-7-14(8-17)22-9-11/h3-7,9H,2,8,10,17H2,1H3,(H,18,20)(H,19,21). The molecule has 0 saturated heterocycles. The number of benzene rings is 1.